The number of rotatable bonds is 7. The highest BCUT2D eigenvalue weighted by Crippen LogP contribution is 2.36. The van der Waals surface area contributed by atoms with Gasteiger partial charge in [0.2, 0.25) is 0 Å². The third-order valence-corrected chi connectivity index (χ3v) is 3.69. The molecule has 0 radical (unpaired) electrons. The Bertz CT molecular complexity index is 746. The molecule has 25 heavy (non-hydrogen) atoms. The van der Waals surface area contributed by atoms with Crippen molar-refractivity contribution >= 4 is 35.0 Å². The molecule has 1 amide bonds. The standard InChI is InChI=1S/C16H19N3O5S/c1-9(2)4-5-24-14-8-12(19(21)22)10(7-13(14)23-3)6-11-15(20)18-16(25)17-11/h6-9H,4-5H2,1-3H3,(H2,17,18,20,25)/b11-6+. The van der Waals surface area contributed by atoms with E-state index in [1.54, 1.807) is 0 Å². The third-order valence-electron chi connectivity index (χ3n) is 3.48. The minimum absolute atomic E-state index is 0.128. The van der Waals surface area contributed by atoms with Crippen molar-refractivity contribution in [1.82, 2.24) is 10.6 Å². The topological polar surface area (TPSA) is 103 Å². The summed E-state index contributed by atoms with van der Waals surface area (Å²) in [5, 5.41) is 16.6. The van der Waals surface area contributed by atoms with Crippen LogP contribution >= 0.6 is 12.2 Å². The molecule has 0 aromatic heterocycles. The first kappa shape index (κ1) is 18.7. The number of ether oxygens (including phenoxy) is 2. The van der Waals surface area contributed by atoms with Crippen LogP contribution in [0.25, 0.3) is 6.08 Å². The minimum Gasteiger partial charge on any atom is -0.493 e. The summed E-state index contributed by atoms with van der Waals surface area (Å²) < 4.78 is 10.9. The summed E-state index contributed by atoms with van der Waals surface area (Å²) in [7, 11) is 1.45. The van der Waals surface area contributed by atoms with Gasteiger partial charge in [0.1, 0.15) is 5.70 Å². The lowest BCUT2D eigenvalue weighted by Crippen LogP contribution is -2.21. The Kier molecular flexibility index (Phi) is 5.92. The van der Waals surface area contributed by atoms with Crippen molar-refractivity contribution in [2.24, 2.45) is 5.92 Å². The van der Waals surface area contributed by atoms with Crippen molar-refractivity contribution in [2.75, 3.05) is 13.7 Å². The molecule has 1 heterocycles. The zero-order chi connectivity index (χ0) is 18.6. The van der Waals surface area contributed by atoms with Gasteiger partial charge in [0.05, 0.1) is 30.3 Å². The van der Waals surface area contributed by atoms with Crippen molar-refractivity contribution in [2.45, 2.75) is 20.3 Å². The van der Waals surface area contributed by atoms with Gasteiger partial charge in [-0.15, -0.1) is 0 Å². The fraction of sp³-hybridized carbons (Fsp3) is 0.375. The average molecular weight is 365 g/mol. The maximum absolute atomic E-state index is 11.7. The van der Waals surface area contributed by atoms with Crippen molar-refractivity contribution in [3.63, 3.8) is 0 Å². The third kappa shape index (κ3) is 4.66. The molecule has 1 aliphatic heterocycles. The first-order valence-electron chi connectivity index (χ1n) is 7.65. The van der Waals surface area contributed by atoms with Crippen molar-refractivity contribution in [1.29, 1.82) is 0 Å². The van der Waals surface area contributed by atoms with Crippen LogP contribution < -0.4 is 20.1 Å². The van der Waals surface area contributed by atoms with Crippen LogP contribution in [0.3, 0.4) is 0 Å². The zero-order valence-electron chi connectivity index (χ0n) is 14.1. The molecule has 1 saturated heterocycles. The van der Waals surface area contributed by atoms with Crippen LogP contribution in [0.1, 0.15) is 25.8 Å². The second-order valence-corrected chi connectivity index (χ2v) is 6.22. The Morgan fingerprint density at radius 2 is 2.04 bits per heavy atom. The predicted octanol–water partition coefficient (Wildman–Crippen LogP) is 2.37. The van der Waals surface area contributed by atoms with Gasteiger partial charge < -0.3 is 14.8 Å². The molecule has 0 spiro atoms. The molecule has 2 N–H and O–H groups in total. The Labute approximate surface area is 150 Å². The average Bonchev–Trinajstić information content (AvgIpc) is 2.85. The molecule has 1 aromatic rings. The number of amides is 1. The summed E-state index contributed by atoms with van der Waals surface area (Å²) >= 11 is 4.85. The van der Waals surface area contributed by atoms with Crippen LogP contribution in [0.5, 0.6) is 11.5 Å². The number of nitro benzene ring substituents is 1. The molecular weight excluding hydrogens is 346 g/mol. The number of hydrogen-bond donors (Lipinski definition) is 2. The lowest BCUT2D eigenvalue weighted by Gasteiger charge is -2.13. The van der Waals surface area contributed by atoms with Gasteiger partial charge in [0.15, 0.2) is 16.6 Å². The molecule has 0 atom stereocenters. The number of nitrogens with one attached hydrogen (secondary N) is 2. The largest absolute Gasteiger partial charge is 0.493 e. The molecule has 0 aliphatic carbocycles. The zero-order valence-corrected chi connectivity index (χ0v) is 14.9. The highest BCUT2D eigenvalue weighted by atomic mass is 32.1. The molecule has 1 aromatic carbocycles. The summed E-state index contributed by atoms with van der Waals surface area (Å²) in [4.78, 5) is 22.6. The van der Waals surface area contributed by atoms with Crippen LogP contribution in [0.15, 0.2) is 17.8 Å². The quantitative estimate of drug-likeness (QED) is 0.331. The first-order valence-corrected chi connectivity index (χ1v) is 8.06. The number of benzene rings is 1. The van der Waals surface area contributed by atoms with E-state index in [1.807, 2.05) is 0 Å². The van der Waals surface area contributed by atoms with Gasteiger partial charge in [-0.3, -0.25) is 20.2 Å². The van der Waals surface area contributed by atoms with Crippen LogP contribution in [-0.2, 0) is 4.79 Å². The van der Waals surface area contributed by atoms with E-state index in [0.717, 1.165) is 6.42 Å². The van der Waals surface area contributed by atoms with Crippen molar-refractivity contribution in [3.05, 3.63) is 33.5 Å². The van der Waals surface area contributed by atoms with Crippen LogP contribution in [0.2, 0.25) is 0 Å². The number of methoxy groups -OCH3 is 1. The smallest absolute Gasteiger partial charge is 0.280 e. The minimum atomic E-state index is -0.535. The normalized spacial score (nSPS) is 15.3. The number of thiocarbonyl (C=S) groups is 1. The Hall–Kier alpha value is -2.68. The van der Waals surface area contributed by atoms with Gasteiger partial charge in [0, 0.05) is 0 Å². The molecule has 1 aliphatic rings. The monoisotopic (exact) mass is 365 g/mol. The molecule has 134 valence electrons. The maximum atomic E-state index is 11.7. The predicted molar refractivity (Wildman–Crippen MR) is 96.5 cm³/mol. The number of nitro groups is 1. The second-order valence-electron chi connectivity index (χ2n) is 5.82. The molecule has 2 rings (SSSR count). The van der Waals surface area contributed by atoms with Crippen LogP contribution in [0.4, 0.5) is 5.69 Å². The number of carbonyl (C=O) groups excluding carboxylic acids is 1. The molecule has 0 unspecified atom stereocenters. The van der Waals surface area contributed by atoms with Crippen LogP contribution in [-0.4, -0.2) is 29.7 Å². The molecule has 0 bridgehead atoms. The highest BCUT2D eigenvalue weighted by molar-refractivity contribution is 7.80. The van der Waals surface area contributed by atoms with Gasteiger partial charge >= 0.3 is 0 Å². The van der Waals surface area contributed by atoms with Crippen molar-refractivity contribution in [3.8, 4) is 11.5 Å². The van der Waals surface area contributed by atoms with Crippen molar-refractivity contribution < 1.29 is 19.2 Å². The number of nitrogens with zero attached hydrogens (tertiary/aromatic N) is 1. The second kappa shape index (κ2) is 7.93. The van der Waals surface area contributed by atoms with E-state index in [9.17, 15) is 14.9 Å². The fourth-order valence-electron chi connectivity index (χ4n) is 2.15. The summed E-state index contributed by atoms with van der Waals surface area (Å²) in [6.45, 7) is 4.54. The van der Waals surface area contributed by atoms with E-state index in [4.69, 9.17) is 21.7 Å². The van der Waals surface area contributed by atoms with E-state index < -0.39 is 10.8 Å². The Morgan fingerprint density at radius 1 is 1.32 bits per heavy atom. The summed E-state index contributed by atoms with van der Waals surface area (Å²) in [5.41, 5.74) is 0.143. The number of carbonyl (C=O) groups is 1. The van der Waals surface area contributed by atoms with E-state index in [0.29, 0.717) is 18.3 Å². The van der Waals surface area contributed by atoms with Gasteiger partial charge in [-0.05, 0) is 36.7 Å². The summed E-state index contributed by atoms with van der Waals surface area (Å²) in [6.07, 6.45) is 2.16. The molecule has 1 fully saturated rings. The maximum Gasteiger partial charge on any atom is 0.280 e. The van der Waals surface area contributed by atoms with Gasteiger partial charge in [0.25, 0.3) is 11.6 Å². The van der Waals surface area contributed by atoms with Gasteiger partial charge in [-0.1, -0.05) is 13.8 Å². The lowest BCUT2D eigenvalue weighted by atomic mass is 10.1. The Morgan fingerprint density at radius 3 is 2.56 bits per heavy atom. The summed E-state index contributed by atoms with van der Waals surface area (Å²) in [5.74, 6) is 0.634. The molecule has 8 nitrogen and oxygen atoms in total. The van der Waals surface area contributed by atoms with E-state index in [-0.39, 0.29) is 27.8 Å². The lowest BCUT2D eigenvalue weighted by molar-refractivity contribution is -0.385. The Balaban J connectivity index is 2.39. The number of hydrogen-bond acceptors (Lipinski definition) is 6. The molecule has 0 saturated carbocycles. The van der Waals surface area contributed by atoms with E-state index in [1.165, 1.54) is 25.3 Å². The highest BCUT2D eigenvalue weighted by Gasteiger charge is 2.24. The van der Waals surface area contributed by atoms with Crippen LogP contribution in [0, 0.1) is 16.0 Å². The van der Waals surface area contributed by atoms with E-state index in [2.05, 4.69) is 24.5 Å². The fourth-order valence-corrected chi connectivity index (χ4v) is 2.36. The molecule has 9 heteroatoms. The van der Waals surface area contributed by atoms with E-state index >= 15 is 0 Å². The van der Waals surface area contributed by atoms with Gasteiger partial charge in [-0.25, -0.2) is 0 Å². The van der Waals surface area contributed by atoms with Gasteiger partial charge in [-0.2, -0.15) is 0 Å². The SMILES string of the molecule is COc1cc(/C=C2/NC(=S)NC2=O)c([N+](=O)[O-])cc1OCCC(C)C. The summed E-state index contributed by atoms with van der Waals surface area (Å²) in [6, 6.07) is 2.77. The molecular formula is C16H19N3O5S. The first-order chi connectivity index (χ1) is 11.8.